The summed E-state index contributed by atoms with van der Waals surface area (Å²) in [6.45, 7) is 1.68. The van der Waals surface area contributed by atoms with Crippen LogP contribution in [0.25, 0.3) is 0 Å². The lowest BCUT2D eigenvalue weighted by Crippen LogP contribution is -2.37. The lowest BCUT2D eigenvalue weighted by Gasteiger charge is -2.13. The lowest BCUT2D eigenvalue weighted by molar-refractivity contribution is -0.0504. The molecule has 8 heteroatoms. The Bertz CT molecular complexity index is 713. The summed E-state index contributed by atoms with van der Waals surface area (Å²) in [5.74, 6) is 1.67. The van der Waals surface area contributed by atoms with Gasteiger partial charge in [0, 0.05) is 31.4 Å². The molecule has 0 bridgehead atoms. The number of hydrogen-bond donors (Lipinski definition) is 3. The van der Waals surface area contributed by atoms with E-state index in [9.17, 15) is 8.78 Å². The van der Waals surface area contributed by atoms with Gasteiger partial charge in [-0.05, 0) is 38.0 Å². The van der Waals surface area contributed by atoms with Crippen molar-refractivity contribution in [3.05, 3.63) is 54.2 Å². The summed E-state index contributed by atoms with van der Waals surface area (Å²) in [5, 5.41) is 9.68. The molecule has 1 aromatic heterocycles. The number of para-hydroxylation sites is 1. The smallest absolute Gasteiger partial charge is 0.387 e. The molecule has 0 aliphatic heterocycles. The zero-order valence-electron chi connectivity index (χ0n) is 16.0. The lowest BCUT2D eigenvalue weighted by atomic mass is 10.2. The summed E-state index contributed by atoms with van der Waals surface area (Å²) in [7, 11) is 0. The second-order valence-electron chi connectivity index (χ2n) is 5.96. The first-order valence-electron chi connectivity index (χ1n) is 9.39. The highest BCUT2D eigenvalue weighted by Gasteiger charge is 2.08. The molecule has 0 aliphatic rings. The minimum absolute atomic E-state index is 0.151. The Labute approximate surface area is 164 Å². The van der Waals surface area contributed by atoms with Gasteiger partial charge in [0.15, 0.2) is 5.96 Å². The first kappa shape index (κ1) is 21.4. The van der Waals surface area contributed by atoms with E-state index >= 15 is 0 Å². The fourth-order valence-corrected chi connectivity index (χ4v) is 2.49. The molecule has 0 spiro atoms. The van der Waals surface area contributed by atoms with E-state index in [2.05, 4.69) is 30.7 Å². The van der Waals surface area contributed by atoms with Gasteiger partial charge in [0.25, 0.3) is 0 Å². The molecule has 152 valence electrons. The summed E-state index contributed by atoms with van der Waals surface area (Å²) in [5.41, 5.74) is 0.611. The van der Waals surface area contributed by atoms with Crippen molar-refractivity contribution in [3.63, 3.8) is 0 Å². The van der Waals surface area contributed by atoms with Crippen LogP contribution in [-0.2, 0) is 6.54 Å². The number of nitrogens with zero attached hydrogens (tertiary/aromatic N) is 2. The van der Waals surface area contributed by atoms with Crippen LogP contribution in [0.3, 0.4) is 0 Å². The normalized spacial score (nSPS) is 11.4. The van der Waals surface area contributed by atoms with Crippen molar-refractivity contribution >= 4 is 11.8 Å². The average molecular weight is 391 g/mol. The van der Waals surface area contributed by atoms with Gasteiger partial charge in [-0.25, -0.2) is 9.98 Å². The summed E-state index contributed by atoms with van der Waals surface area (Å²) in [6.07, 6.45) is 3.69. The van der Waals surface area contributed by atoms with Gasteiger partial charge in [-0.2, -0.15) is 8.78 Å². The van der Waals surface area contributed by atoms with E-state index in [4.69, 9.17) is 0 Å². The highest BCUT2D eigenvalue weighted by atomic mass is 19.3. The number of nitrogens with one attached hydrogen (secondary N) is 3. The van der Waals surface area contributed by atoms with Crippen molar-refractivity contribution in [2.75, 3.05) is 25.0 Å². The van der Waals surface area contributed by atoms with Crippen molar-refractivity contribution in [1.82, 2.24) is 15.6 Å². The van der Waals surface area contributed by atoms with Crippen LogP contribution in [0.4, 0.5) is 14.6 Å². The molecule has 0 unspecified atom stereocenters. The Hall–Kier alpha value is -2.90. The number of ether oxygens (including phenoxy) is 1. The number of alkyl halides is 2. The van der Waals surface area contributed by atoms with Gasteiger partial charge >= 0.3 is 6.61 Å². The van der Waals surface area contributed by atoms with Gasteiger partial charge in [-0.1, -0.05) is 24.3 Å². The van der Waals surface area contributed by atoms with E-state index in [1.165, 1.54) is 6.07 Å². The average Bonchev–Trinajstić information content (AvgIpc) is 2.70. The minimum atomic E-state index is -2.85. The first-order valence-corrected chi connectivity index (χ1v) is 9.39. The Morgan fingerprint density at radius 2 is 1.86 bits per heavy atom. The van der Waals surface area contributed by atoms with E-state index in [1.54, 1.807) is 24.4 Å². The molecule has 0 saturated heterocycles. The maximum atomic E-state index is 12.5. The first-order chi connectivity index (χ1) is 13.7. The van der Waals surface area contributed by atoms with Crippen molar-refractivity contribution in [2.45, 2.75) is 32.9 Å². The zero-order chi connectivity index (χ0) is 20.0. The molecule has 1 aromatic carbocycles. The molecule has 0 saturated carbocycles. The highest BCUT2D eigenvalue weighted by molar-refractivity contribution is 5.79. The van der Waals surface area contributed by atoms with Crippen LogP contribution < -0.4 is 20.7 Å². The SMILES string of the molecule is CCNC(=NCc1ccccc1OC(F)F)NCCCCNc1ccccn1. The number of guanidine groups is 1. The quantitative estimate of drug-likeness (QED) is 0.310. The molecule has 1 heterocycles. The number of rotatable bonds is 11. The topological polar surface area (TPSA) is 70.6 Å². The van der Waals surface area contributed by atoms with Crippen molar-refractivity contribution < 1.29 is 13.5 Å². The Kier molecular flexibility index (Phi) is 9.54. The van der Waals surface area contributed by atoms with Crippen LogP contribution >= 0.6 is 0 Å². The molecule has 0 aliphatic carbocycles. The fraction of sp³-hybridized carbons (Fsp3) is 0.400. The van der Waals surface area contributed by atoms with Crippen LogP contribution in [0.15, 0.2) is 53.7 Å². The van der Waals surface area contributed by atoms with E-state index < -0.39 is 6.61 Å². The second-order valence-corrected chi connectivity index (χ2v) is 5.96. The van der Waals surface area contributed by atoms with Gasteiger partial charge < -0.3 is 20.7 Å². The standard InChI is InChI=1S/C20H27F2N5O/c1-2-23-20(26-14-8-7-13-25-18-11-5-6-12-24-18)27-15-16-9-3-4-10-17(16)28-19(21)22/h3-6,9-12,19H,2,7-8,13-15H2,1H3,(H,24,25)(H2,23,26,27). The molecule has 6 nitrogen and oxygen atoms in total. The number of aromatic nitrogens is 1. The number of pyridine rings is 1. The molecule has 0 amide bonds. The molecule has 0 radical (unpaired) electrons. The summed E-state index contributed by atoms with van der Waals surface area (Å²) in [4.78, 5) is 8.68. The molecule has 2 aromatic rings. The van der Waals surface area contributed by atoms with Crippen molar-refractivity contribution in [2.24, 2.45) is 4.99 Å². The minimum Gasteiger partial charge on any atom is -0.434 e. The van der Waals surface area contributed by atoms with E-state index in [-0.39, 0.29) is 12.3 Å². The molecular weight excluding hydrogens is 364 g/mol. The second kappa shape index (κ2) is 12.5. The number of benzene rings is 1. The molecule has 2 rings (SSSR count). The molecule has 3 N–H and O–H groups in total. The fourth-order valence-electron chi connectivity index (χ4n) is 2.49. The number of hydrogen-bond acceptors (Lipinski definition) is 4. The van der Waals surface area contributed by atoms with Gasteiger partial charge in [0.1, 0.15) is 11.6 Å². The van der Waals surface area contributed by atoms with Gasteiger partial charge in [0.2, 0.25) is 0 Å². The van der Waals surface area contributed by atoms with Crippen LogP contribution in [0.5, 0.6) is 5.75 Å². The third kappa shape index (κ3) is 8.20. The van der Waals surface area contributed by atoms with E-state index in [0.29, 0.717) is 18.1 Å². The predicted molar refractivity (Wildman–Crippen MR) is 108 cm³/mol. The maximum absolute atomic E-state index is 12.5. The Balaban J connectivity index is 1.76. The van der Waals surface area contributed by atoms with E-state index in [1.807, 2.05) is 25.1 Å². The largest absolute Gasteiger partial charge is 0.434 e. The van der Waals surface area contributed by atoms with E-state index in [0.717, 1.165) is 31.7 Å². The Morgan fingerprint density at radius 3 is 2.61 bits per heavy atom. The number of halogens is 2. The number of aliphatic imine (C=N–C) groups is 1. The molecular formula is C20H27F2N5O. The van der Waals surface area contributed by atoms with Gasteiger partial charge in [-0.3, -0.25) is 0 Å². The van der Waals surface area contributed by atoms with Crippen molar-refractivity contribution in [3.8, 4) is 5.75 Å². The summed E-state index contributed by atoms with van der Waals surface area (Å²) >= 11 is 0. The van der Waals surface area contributed by atoms with Gasteiger partial charge in [0.05, 0.1) is 6.54 Å². The van der Waals surface area contributed by atoms with Crippen LogP contribution in [-0.4, -0.2) is 37.2 Å². The third-order valence-electron chi connectivity index (χ3n) is 3.81. The molecule has 0 fully saturated rings. The summed E-state index contributed by atoms with van der Waals surface area (Å²) < 4.78 is 29.6. The summed E-state index contributed by atoms with van der Waals surface area (Å²) in [6, 6.07) is 12.4. The number of anilines is 1. The third-order valence-corrected chi connectivity index (χ3v) is 3.81. The van der Waals surface area contributed by atoms with Gasteiger partial charge in [-0.15, -0.1) is 0 Å². The molecule has 28 heavy (non-hydrogen) atoms. The number of unbranched alkanes of at least 4 members (excludes halogenated alkanes) is 1. The van der Waals surface area contributed by atoms with Crippen LogP contribution in [0, 0.1) is 0 Å². The monoisotopic (exact) mass is 391 g/mol. The predicted octanol–water partition coefficient (Wildman–Crippen LogP) is 3.63. The van der Waals surface area contributed by atoms with Crippen molar-refractivity contribution in [1.29, 1.82) is 0 Å². The maximum Gasteiger partial charge on any atom is 0.387 e. The zero-order valence-corrected chi connectivity index (χ0v) is 16.0. The Morgan fingerprint density at radius 1 is 1.07 bits per heavy atom. The van der Waals surface area contributed by atoms with Crippen LogP contribution in [0.1, 0.15) is 25.3 Å². The van der Waals surface area contributed by atoms with Crippen LogP contribution in [0.2, 0.25) is 0 Å². The molecule has 0 atom stereocenters. The highest BCUT2D eigenvalue weighted by Crippen LogP contribution is 2.20.